The summed E-state index contributed by atoms with van der Waals surface area (Å²) in [6, 6.07) is 0. The highest BCUT2D eigenvalue weighted by Gasteiger charge is 2.11. The van der Waals surface area contributed by atoms with E-state index in [4.69, 9.17) is 4.74 Å². The third-order valence-corrected chi connectivity index (χ3v) is 2.02. The average molecular weight is 173 g/mol. The molecule has 0 atom stereocenters. The van der Waals surface area contributed by atoms with Crippen LogP contribution in [0.2, 0.25) is 0 Å². The molecule has 1 saturated heterocycles. The van der Waals surface area contributed by atoms with Crippen LogP contribution in [0.25, 0.3) is 0 Å². The van der Waals surface area contributed by atoms with Gasteiger partial charge in [-0.2, -0.15) is 0 Å². The zero-order valence-corrected chi connectivity index (χ0v) is 8.73. The first-order valence-electron chi connectivity index (χ1n) is 5.22. The third-order valence-electron chi connectivity index (χ3n) is 2.02. The second-order valence-corrected chi connectivity index (χ2v) is 2.86. The fourth-order valence-corrected chi connectivity index (χ4v) is 1.30. The van der Waals surface area contributed by atoms with Crippen molar-refractivity contribution in [1.29, 1.82) is 0 Å². The van der Waals surface area contributed by atoms with Gasteiger partial charge in [-0.05, 0) is 31.8 Å². The third kappa shape index (κ3) is 5.56. The Labute approximate surface area is 76.7 Å². The number of ether oxygens (including phenoxy) is 1. The molecule has 2 nitrogen and oxygen atoms in total. The molecule has 0 unspecified atom stereocenters. The van der Waals surface area contributed by atoms with E-state index in [1.54, 1.807) is 0 Å². The molecule has 1 rings (SSSR count). The molecule has 1 N–H and O–H groups in total. The molecule has 0 aromatic rings. The summed E-state index contributed by atoms with van der Waals surface area (Å²) >= 11 is 0. The first-order chi connectivity index (χ1) is 5.93. The Morgan fingerprint density at radius 1 is 1.25 bits per heavy atom. The van der Waals surface area contributed by atoms with E-state index < -0.39 is 0 Å². The molecule has 0 aromatic heterocycles. The predicted octanol–water partition coefficient (Wildman–Crippen LogP) is 2.05. The Balaban J connectivity index is 0.000000561. The smallest absolute Gasteiger partial charge is 0.0469 e. The molecule has 12 heavy (non-hydrogen) atoms. The van der Waals surface area contributed by atoms with Gasteiger partial charge in [0.1, 0.15) is 0 Å². The summed E-state index contributed by atoms with van der Waals surface area (Å²) < 4.78 is 5.25. The normalized spacial score (nSPS) is 18.2. The number of nitrogens with one attached hydrogen (secondary N) is 1. The second kappa shape index (κ2) is 9.01. The highest BCUT2D eigenvalue weighted by molar-refractivity contribution is 4.64. The van der Waals surface area contributed by atoms with Gasteiger partial charge in [-0.3, -0.25) is 0 Å². The molecule has 1 heterocycles. The average Bonchev–Trinajstić information content (AvgIpc) is 2.19. The van der Waals surface area contributed by atoms with Gasteiger partial charge in [0.15, 0.2) is 0 Å². The summed E-state index contributed by atoms with van der Waals surface area (Å²) in [5.41, 5.74) is 0. The summed E-state index contributed by atoms with van der Waals surface area (Å²) in [4.78, 5) is 0. The van der Waals surface area contributed by atoms with Gasteiger partial charge in [-0.25, -0.2) is 0 Å². The van der Waals surface area contributed by atoms with Gasteiger partial charge in [0.25, 0.3) is 0 Å². The topological polar surface area (TPSA) is 21.3 Å². The van der Waals surface area contributed by atoms with Crippen molar-refractivity contribution in [2.24, 2.45) is 5.92 Å². The maximum absolute atomic E-state index is 5.25. The fourth-order valence-electron chi connectivity index (χ4n) is 1.30. The van der Waals surface area contributed by atoms with Gasteiger partial charge in [0.2, 0.25) is 0 Å². The van der Waals surface area contributed by atoms with Crippen molar-refractivity contribution in [3.63, 3.8) is 0 Å². The van der Waals surface area contributed by atoms with Crippen LogP contribution in [0.3, 0.4) is 0 Å². The lowest BCUT2D eigenvalue weighted by molar-refractivity contribution is 0.0665. The molecule has 0 amide bonds. The molecule has 0 saturated carbocycles. The van der Waals surface area contributed by atoms with Crippen LogP contribution < -0.4 is 5.32 Å². The van der Waals surface area contributed by atoms with Gasteiger partial charge in [-0.1, -0.05) is 20.8 Å². The van der Waals surface area contributed by atoms with Crippen LogP contribution in [0, 0.1) is 5.92 Å². The van der Waals surface area contributed by atoms with Crippen LogP contribution >= 0.6 is 0 Å². The van der Waals surface area contributed by atoms with Crippen molar-refractivity contribution in [2.45, 2.75) is 33.6 Å². The predicted molar refractivity (Wildman–Crippen MR) is 53.4 cm³/mol. The van der Waals surface area contributed by atoms with E-state index in [-0.39, 0.29) is 0 Å². The number of rotatable bonds is 3. The minimum Gasteiger partial charge on any atom is -0.381 e. The lowest BCUT2D eigenvalue weighted by atomic mass is 10.0. The van der Waals surface area contributed by atoms with Crippen LogP contribution in [-0.2, 0) is 4.74 Å². The highest BCUT2D eigenvalue weighted by Crippen LogP contribution is 2.12. The molecule has 2 heteroatoms. The summed E-state index contributed by atoms with van der Waals surface area (Å²) in [5, 5.41) is 3.36. The number of hydrogen-bond acceptors (Lipinski definition) is 2. The molecule has 0 bridgehead atoms. The molecule has 74 valence electrons. The Morgan fingerprint density at radius 3 is 2.33 bits per heavy atom. The fraction of sp³-hybridized carbons (Fsp3) is 1.00. The quantitative estimate of drug-likeness (QED) is 0.705. The summed E-state index contributed by atoms with van der Waals surface area (Å²) in [6.45, 7) is 10.4. The van der Waals surface area contributed by atoms with E-state index in [0.717, 1.165) is 25.7 Å². The van der Waals surface area contributed by atoms with E-state index >= 15 is 0 Å². The number of hydrogen-bond donors (Lipinski definition) is 1. The first-order valence-corrected chi connectivity index (χ1v) is 5.22. The minimum absolute atomic E-state index is 0.869. The van der Waals surface area contributed by atoms with Crippen LogP contribution in [0.15, 0.2) is 0 Å². The van der Waals surface area contributed by atoms with Crippen LogP contribution in [-0.4, -0.2) is 26.3 Å². The minimum atomic E-state index is 0.869. The first kappa shape index (κ1) is 11.9. The molecule has 0 spiro atoms. The molecular formula is C10H23NO. The van der Waals surface area contributed by atoms with E-state index in [0.29, 0.717) is 0 Å². The van der Waals surface area contributed by atoms with E-state index in [2.05, 4.69) is 12.2 Å². The SMILES string of the molecule is CC.CCNCC1CCOCC1. The molecule has 0 radical (unpaired) electrons. The summed E-state index contributed by atoms with van der Waals surface area (Å²) in [7, 11) is 0. The summed E-state index contributed by atoms with van der Waals surface area (Å²) in [6.07, 6.45) is 2.49. The van der Waals surface area contributed by atoms with Gasteiger partial charge in [0, 0.05) is 13.2 Å². The van der Waals surface area contributed by atoms with Gasteiger partial charge < -0.3 is 10.1 Å². The monoisotopic (exact) mass is 173 g/mol. The maximum atomic E-state index is 5.25. The zero-order valence-electron chi connectivity index (χ0n) is 8.73. The lowest BCUT2D eigenvalue weighted by Crippen LogP contribution is -2.27. The van der Waals surface area contributed by atoms with Crippen molar-refractivity contribution in [1.82, 2.24) is 5.32 Å². The van der Waals surface area contributed by atoms with Crippen molar-refractivity contribution in [3.05, 3.63) is 0 Å². The Hall–Kier alpha value is -0.0800. The van der Waals surface area contributed by atoms with E-state index in [1.807, 2.05) is 13.8 Å². The van der Waals surface area contributed by atoms with Crippen LogP contribution in [0.4, 0.5) is 0 Å². The standard InChI is InChI=1S/C8H17NO.C2H6/c1-2-9-7-8-3-5-10-6-4-8;1-2/h8-9H,2-7H2,1H3;1-2H3. The van der Waals surface area contributed by atoms with E-state index in [1.165, 1.54) is 19.4 Å². The Morgan fingerprint density at radius 2 is 1.83 bits per heavy atom. The van der Waals surface area contributed by atoms with Crippen molar-refractivity contribution >= 4 is 0 Å². The van der Waals surface area contributed by atoms with E-state index in [9.17, 15) is 0 Å². The molecule has 1 aliphatic heterocycles. The molecule has 1 fully saturated rings. The largest absolute Gasteiger partial charge is 0.381 e. The highest BCUT2D eigenvalue weighted by atomic mass is 16.5. The van der Waals surface area contributed by atoms with Gasteiger partial charge >= 0.3 is 0 Å². The van der Waals surface area contributed by atoms with Gasteiger partial charge in [0.05, 0.1) is 0 Å². The van der Waals surface area contributed by atoms with Gasteiger partial charge in [-0.15, -0.1) is 0 Å². The van der Waals surface area contributed by atoms with Crippen molar-refractivity contribution < 1.29 is 4.74 Å². The summed E-state index contributed by atoms with van der Waals surface area (Å²) in [5.74, 6) is 0.869. The van der Waals surface area contributed by atoms with Crippen LogP contribution in [0.1, 0.15) is 33.6 Å². The zero-order chi connectivity index (χ0) is 9.23. The molecule has 1 aliphatic rings. The molecule has 0 aliphatic carbocycles. The molecular weight excluding hydrogens is 150 g/mol. The van der Waals surface area contributed by atoms with Crippen molar-refractivity contribution in [3.8, 4) is 0 Å². The van der Waals surface area contributed by atoms with Crippen LogP contribution in [0.5, 0.6) is 0 Å². The Kier molecular flexibility index (Phi) is 8.95. The van der Waals surface area contributed by atoms with Crippen molar-refractivity contribution in [2.75, 3.05) is 26.3 Å². The Bertz CT molecular complexity index is 79.9. The lowest BCUT2D eigenvalue weighted by Gasteiger charge is -2.21. The maximum Gasteiger partial charge on any atom is 0.0469 e. The molecule has 0 aromatic carbocycles. The second-order valence-electron chi connectivity index (χ2n) is 2.86.